The summed E-state index contributed by atoms with van der Waals surface area (Å²) in [6, 6.07) is 0. The first kappa shape index (κ1) is 15.0. The molecule has 1 aromatic heterocycles. The second-order valence-corrected chi connectivity index (χ2v) is 5.56. The van der Waals surface area contributed by atoms with Crippen molar-refractivity contribution in [2.24, 2.45) is 0 Å². The Labute approximate surface area is 113 Å². The smallest absolute Gasteiger partial charge is 0.232 e. The fourth-order valence-electron chi connectivity index (χ4n) is 1.34. The van der Waals surface area contributed by atoms with Gasteiger partial charge in [-0.3, -0.25) is 9.89 Å². The van der Waals surface area contributed by atoms with Crippen molar-refractivity contribution < 1.29 is 4.79 Å². The molecule has 0 radical (unpaired) electrons. The Morgan fingerprint density at radius 2 is 2.22 bits per heavy atom. The van der Waals surface area contributed by atoms with E-state index in [9.17, 15) is 4.79 Å². The summed E-state index contributed by atoms with van der Waals surface area (Å²) in [5.74, 6) is 1.72. The molecule has 6 heteroatoms. The highest BCUT2D eigenvalue weighted by atomic mass is 32.2. The molecule has 0 bridgehead atoms. The number of hydrogen-bond donors (Lipinski definition) is 1. The number of amides is 1. The zero-order valence-corrected chi connectivity index (χ0v) is 12.4. The van der Waals surface area contributed by atoms with Crippen LogP contribution in [-0.2, 0) is 4.79 Å². The molecule has 0 unspecified atom stereocenters. The lowest BCUT2D eigenvalue weighted by Crippen LogP contribution is -2.29. The van der Waals surface area contributed by atoms with Crippen LogP contribution in [0.3, 0.4) is 0 Å². The molecule has 0 saturated carbocycles. The van der Waals surface area contributed by atoms with Gasteiger partial charge in [0, 0.05) is 19.5 Å². The number of nitrogens with one attached hydrogen (secondary N) is 1. The summed E-state index contributed by atoms with van der Waals surface area (Å²) in [5.41, 5.74) is 0. The molecule has 0 spiro atoms. The van der Waals surface area contributed by atoms with E-state index in [1.54, 1.807) is 4.90 Å². The molecule has 1 rings (SSSR count). The molecule has 1 aromatic rings. The van der Waals surface area contributed by atoms with E-state index in [1.165, 1.54) is 11.8 Å². The first-order chi connectivity index (χ1) is 8.54. The summed E-state index contributed by atoms with van der Waals surface area (Å²) in [7, 11) is 1.84. The highest BCUT2D eigenvalue weighted by molar-refractivity contribution is 7.99. The first-order valence-electron chi connectivity index (χ1n) is 6.33. The van der Waals surface area contributed by atoms with Crippen LogP contribution in [0.25, 0.3) is 0 Å². The minimum Gasteiger partial charge on any atom is -0.345 e. The van der Waals surface area contributed by atoms with Crippen molar-refractivity contribution in [2.75, 3.05) is 19.3 Å². The molecule has 0 atom stereocenters. The standard InChI is InChI=1S/C12H22N4OS/c1-5-6-7-16(4)10(17)8-18-12-13-11(9(2)3)14-15-12/h9H,5-8H2,1-4H3,(H,13,14,15). The van der Waals surface area contributed by atoms with Crippen molar-refractivity contribution in [3.8, 4) is 0 Å². The van der Waals surface area contributed by atoms with Crippen molar-refractivity contribution in [3.63, 3.8) is 0 Å². The van der Waals surface area contributed by atoms with Gasteiger partial charge in [-0.25, -0.2) is 4.98 Å². The van der Waals surface area contributed by atoms with Crippen LogP contribution >= 0.6 is 11.8 Å². The van der Waals surface area contributed by atoms with E-state index in [4.69, 9.17) is 0 Å². The van der Waals surface area contributed by atoms with Gasteiger partial charge in [0.05, 0.1) is 5.75 Å². The predicted molar refractivity (Wildman–Crippen MR) is 73.7 cm³/mol. The van der Waals surface area contributed by atoms with Crippen LogP contribution in [-0.4, -0.2) is 45.3 Å². The van der Waals surface area contributed by atoms with E-state index < -0.39 is 0 Å². The van der Waals surface area contributed by atoms with Gasteiger partial charge < -0.3 is 4.90 Å². The van der Waals surface area contributed by atoms with Crippen LogP contribution in [0.5, 0.6) is 0 Å². The maximum Gasteiger partial charge on any atom is 0.232 e. The monoisotopic (exact) mass is 270 g/mol. The second-order valence-electron chi connectivity index (χ2n) is 4.62. The zero-order valence-electron chi connectivity index (χ0n) is 11.6. The lowest BCUT2D eigenvalue weighted by Gasteiger charge is -2.15. The normalized spacial score (nSPS) is 10.9. The van der Waals surface area contributed by atoms with Crippen LogP contribution in [0.2, 0.25) is 0 Å². The molecule has 0 aromatic carbocycles. The molecule has 0 aliphatic heterocycles. The summed E-state index contributed by atoms with van der Waals surface area (Å²) in [4.78, 5) is 17.9. The lowest BCUT2D eigenvalue weighted by molar-refractivity contribution is -0.127. The Bertz CT molecular complexity index is 378. The van der Waals surface area contributed by atoms with Gasteiger partial charge in [-0.1, -0.05) is 39.0 Å². The average Bonchev–Trinajstić information content (AvgIpc) is 2.81. The Morgan fingerprint density at radius 1 is 1.50 bits per heavy atom. The third kappa shape index (κ3) is 4.68. The molecule has 1 amide bonds. The van der Waals surface area contributed by atoms with E-state index in [0.29, 0.717) is 16.8 Å². The highest BCUT2D eigenvalue weighted by Crippen LogP contribution is 2.16. The van der Waals surface area contributed by atoms with Gasteiger partial charge in [-0.05, 0) is 6.42 Å². The second kappa shape index (κ2) is 7.41. The third-order valence-electron chi connectivity index (χ3n) is 2.63. The first-order valence-corrected chi connectivity index (χ1v) is 7.32. The Hall–Kier alpha value is -1.04. The lowest BCUT2D eigenvalue weighted by atomic mass is 10.2. The number of H-pyrrole nitrogens is 1. The Balaban J connectivity index is 2.37. The van der Waals surface area contributed by atoms with Crippen LogP contribution in [0.4, 0.5) is 0 Å². The van der Waals surface area contributed by atoms with Crippen molar-refractivity contribution >= 4 is 17.7 Å². The molecular weight excluding hydrogens is 248 g/mol. The number of aromatic amines is 1. The van der Waals surface area contributed by atoms with Crippen molar-refractivity contribution in [1.29, 1.82) is 0 Å². The SMILES string of the molecule is CCCCN(C)C(=O)CSc1n[nH]c(C(C)C)n1. The number of carbonyl (C=O) groups excluding carboxylic acids is 1. The number of rotatable bonds is 7. The fraction of sp³-hybridized carbons (Fsp3) is 0.750. The van der Waals surface area contributed by atoms with Gasteiger partial charge in [-0.15, -0.1) is 5.10 Å². The van der Waals surface area contributed by atoms with E-state index in [2.05, 4.69) is 36.0 Å². The molecule has 102 valence electrons. The molecule has 0 aliphatic carbocycles. The number of aromatic nitrogens is 3. The number of thioether (sulfide) groups is 1. The minimum atomic E-state index is 0.129. The van der Waals surface area contributed by atoms with E-state index >= 15 is 0 Å². The minimum absolute atomic E-state index is 0.129. The number of carbonyl (C=O) groups is 1. The molecule has 0 saturated heterocycles. The summed E-state index contributed by atoms with van der Waals surface area (Å²) in [6.07, 6.45) is 2.15. The van der Waals surface area contributed by atoms with Crippen LogP contribution in [0.15, 0.2) is 5.16 Å². The highest BCUT2D eigenvalue weighted by Gasteiger charge is 2.12. The van der Waals surface area contributed by atoms with Crippen molar-refractivity contribution in [2.45, 2.75) is 44.7 Å². The maximum atomic E-state index is 11.8. The largest absolute Gasteiger partial charge is 0.345 e. The molecule has 5 nitrogen and oxygen atoms in total. The fourth-order valence-corrected chi connectivity index (χ4v) is 2.08. The van der Waals surface area contributed by atoms with Gasteiger partial charge in [0.15, 0.2) is 0 Å². The quantitative estimate of drug-likeness (QED) is 0.772. The van der Waals surface area contributed by atoms with Gasteiger partial charge >= 0.3 is 0 Å². The number of nitrogens with zero attached hydrogens (tertiary/aromatic N) is 3. The van der Waals surface area contributed by atoms with E-state index in [1.807, 2.05) is 7.05 Å². The number of unbranched alkanes of at least 4 members (excludes halogenated alkanes) is 1. The third-order valence-corrected chi connectivity index (χ3v) is 3.46. The Kier molecular flexibility index (Phi) is 6.18. The summed E-state index contributed by atoms with van der Waals surface area (Å²) >= 11 is 1.38. The predicted octanol–water partition coefficient (Wildman–Crippen LogP) is 2.28. The van der Waals surface area contributed by atoms with Crippen molar-refractivity contribution in [3.05, 3.63) is 5.82 Å². The number of hydrogen-bond acceptors (Lipinski definition) is 4. The average molecular weight is 270 g/mol. The van der Waals surface area contributed by atoms with Gasteiger partial charge in [-0.2, -0.15) is 0 Å². The molecule has 0 aliphatic rings. The molecule has 18 heavy (non-hydrogen) atoms. The summed E-state index contributed by atoms with van der Waals surface area (Å²) in [5, 5.41) is 7.62. The molecule has 1 heterocycles. The Morgan fingerprint density at radius 3 is 2.78 bits per heavy atom. The summed E-state index contributed by atoms with van der Waals surface area (Å²) < 4.78 is 0. The summed E-state index contributed by atoms with van der Waals surface area (Å²) in [6.45, 7) is 7.05. The van der Waals surface area contributed by atoms with Crippen LogP contribution in [0, 0.1) is 0 Å². The van der Waals surface area contributed by atoms with Gasteiger partial charge in [0.25, 0.3) is 0 Å². The van der Waals surface area contributed by atoms with E-state index in [-0.39, 0.29) is 5.91 Å². The molecule has 1 N–H and O–H groups in total. The topological polar surface area (TPSA) is 61.9 Å². The maximum absolute atomic E-state index is 11.8. The van der Waals surface area contributed by atoms with Gasteiger partial charge in [0.1, 0.15) is 5.82 Å². The molecule has 0 fully saturated rings. The van der Waals surface area contributed by atoms with E-state index in [0.717, 1.165) is 25.2 Å². The van der Waals surface area contributed by atoms with Crippen molar-refractivity contribution in [1.82, 2.24) is 20.1 Å². The van der Waals surface area contributed by atoms with Crippen LogP contribution in [0.1, 0.15) is 45.4 Å². The molecular formula is C12H22N4OS. The van der Waals surface area contributed by atoms with Gasteiger partial charge in [0.2, 0.25) is 11.1 Å². The zero-order chi connectivity index (χ0) is 13.5. The van der Waals surface area contributed by atoms with Crippen LogP contribution < -0.4 is 0 Å².